The Kier molecular flexibility index (Phi) is 5.33. The fourth-order valence-corrected chi connectivity index (χ4v) is 2.85. The van der Waals surface area contributed by atoms with Gasteiger partial charge in [0.2, 0.25) is 0 Å². The van der Waals surface area contributed by atoms with Crippen LogP contribution < -0.4 is 15.5 Å². The van der Waals surface area contributed by atoms with Crippen molar-refractivity contribution in [3.63, 3.8) is 0 Å². The van der Waals surface area contributed by atoms with Gasteiger partial charge in [-0.25, -0.2) is 4.79 Å². The molecule has 1 fully saturated rings. The van der Waals surface area contributed by atoms with Gasteiger partial charge in [0.05, 0.1) is 11.4 Å². The van der Waals surface area contributed by atoms with Gasteiger partial charge in [-0.3, -0.25) is 0 Å². The zero-order valence-electron chi connectivity index (χ0n) is 13.9. The van der Waals surface area contributed by atoms with Crippen LogP contribution in [-0.2, 0) is 4.74 Å². The Morgan fingerprint density at radius 3 is 2.46 bits per heavy atom. The van der Waals surface area contributed by atoms with Crippen molar-refractivity contribution in [3.05, 3.63) is 54.6 Å². The van der Waals surface area contributed by atoms with E-state index in [9.17, 15) is 4.79 Å². The van der Waals surface area contributed by atoms with E-state index >= 15 is 0 Å². The number of anilines is 3. The van der Waals surface area contributed by atoms with Gasteiger partial charge in [-0.05, 0) is 37.1 Å². The lowest BCUT2D eigenvalue weighted by Gasteiger charge is -2.25. The summed E-state index contributed by atoms with van der Waals surface area (Å²) < 4.78 is 5.32. The molecule has 0 aromatic heterocycles. The van der Waals surface area contributed by atoms with Gasteiger partial charge >= 0.3 is 6.03 Å². The second kappa shape index (κ2) is 7.84. The number of amides is 2. The first-order chi connectivity index (χ1) is 11.7. The molecule has 2 aromatic rings. The van der Waals surface area contributed by atoms with E-state index in [0.717, 1.165) is 29.9 Å². The number of para-hydroxylation sites is 3. The first-order valence-corrected chi connectivity index (χ1v) is 8.27. The Balaban J connectivity index is 1.70. The molecule has 1 heterocycles. The fraction of sp³-hybridized carbons (Fsp3) is 0.316. The molecule has 2 amide bonds. The van der Waals surface area contributed by atoms with Crippen LogP contribution in [0, 0.1) is 0 Å². The quantitative estimate of drug-likeness (QED) is 0.900. The molecule has 24 heavy (non-hydrogen) atoms. The number of benzene rings is 2. The molecule has 0 aliphatic carbocycles. The Morgan fingerprint density at radius 1 is 1.04 bits per heavy atom. The van der Waals surface area contributed by atoms with Gasteiger partial charge < -0.3 is 20.3 Å². The van der Waals surface area contributed by atoms with Crippen LogP contribution in [0.25, 0.3) is 0 Å². The van der Waals surface area contributed by atoms with E-state index in [1.54, 1.807) is 0 Å². The minimum atomic E-state index is -0.171. The van der Waals surface area contributed by atoms with Crippen molar-refractivity contribution in [2.24, 2.45) is 0 Å². The minimum Gasteiger partial charge on any atom is -0.381 e. The molecule has 0 atom stereocenters. The zero-order valence-corrected chi connectivity index (χ0v) is 13.9. The molecular weight excluding hydrogens is 302 g/mol. The van der Waals surface area contributed by atoms with Gasteiger partial charge in [0.25, 0.3) is 0 Å². The van der Waals surface area contributed by atoms with Crippen molar-refractivity contribution in [1.29, 1.82) is 0 Å². The van der Waals surface area contributed by atoms with Crippen LogP contribution in [0.1, 0.15) is 12.8 Å². The van der Waals surface area contributed by atoms with Crippen LogP contribution >= 0.6 is 0 Å². The largest absolute Gasteiger partial charge is 0.381 e. The lowest BCUT2D eigenvalue weighted by atomic mass is 10.1. The van der Waals surface area contributed by atoms with Gasteiger partial charge in [-0.15, -0.1) is 0 Å². The molecule has 0 bridgehead atoms. The lowest BCUT2D eigenvalue weighted by molar-refractivity contribution is 0.0806. The van der Waals surface area contributed by atoms with E-state index in [2.05, 4.69) is 15.5 Å². The summed E-state index contributed by atoms with van der Waals surface area (Å²) in [5.74, 6) is 0. The molecule has 2 N–H and O–H groups in total. The highest BCUT2D eigenvalue weighted by Crippen LogP contribution is 2.30. The zero-order chi connectivity index (χ0) is 16.8. The topological polar surface area (TPSA) is 53.6 Å². The number of rotatable bonds is 4. The van der Waals surface area contributed by atoms with E-state index in [4.69, 9.17) is 4.74 Å². The number of hydrogen-bond donors (Lipinski definition) is 2. The second-order valence-electron chi connectivity index (χ2n) is 5.90. The fourth-order valence-electron chi connectivity index (χ4n) is 2.85. The lowest BCUT2D eigenvalue weighted by Crippen LogP contribution is -2.41. The van der Waals surface area contributed by atoms with E-state index in [0.29, 0.717) is 13.2 Å². The highest BCUT2D eigenvalue weighted by atomic mass is 16.5. The maximum absolute atomic E-state index is 12.3. The summed E-state index contributed by atoms with van der Waals surface area (Å²) in [4.78, 5) is 14.4. The molecule has 3 rings (SSSR count). The number of carbonyl (C=O) groups is 1. The predicted molar refractivity (Wildman–Crippen MR) is 96.9 cm³/mol. The summed E-state index contributed by atoms with van der Waals surface area (Å²) in [5, 5.41) is 6.00. The molecular formula is C19H23N3O2. The predicted octanol–water partition coefficient (Wildman–Crippen LogP) is 3.76. The highest BCUT2D eigenvalue weighted by Gasteiger charge is 2.17. The van der Waals surface area contributed by atoms with Crippen LogP contribution in [0.3, 0.4) is 0 Å². The third-order valence-corrected chi connectivity index (χ3v) is 4.21. The molecule has 5 nitrogen and oxygen atoms in total. The van der Waals surface area contributed by atoms with Crippen molar-refractivity contribution >= 4 is 23.1 Å². The third kappa shape index (κ3) is 4.06. The van der Waals surface area contributed by atoms with Crippen LogP contribution in [-0.4, -0.2) is 32.3 Å². The summed E-state index contributed by atoms with van der Waals surface area (Å²) in [6.45, 7) is 1.41. The summed E-state index contributed by atoms with van der Waals surface area (Å²) in [6.07, 6.45) is 1.72. The number of carbonyl (C=O) groups excluding carboxylic acids is 1. The van der Waals surface area contributed by atoms with E-state index in [1.165, 1.54) is 0 Å². The molecule has 1 saturated heterocycles. The molecule has 0 saturated carbocycles. The van der Waals surface area contributed by atoms with Gasteiger partial charge in [0.15, 0.2) is 0 Å². The van der Waals surface area contributed by atoms with Crippen LogP contribution in [0.5, 0.6) is 0 Å². The number of ether oxygens (including phenoxy) is 1. The SMILES string of the molecule is CN(c1ccccc1)c1ccccc1NC(=O)NC1CCOCC1. The molecule has 1 aliphatic rings. The third-order valence-electron chi connectivity index (χ3n) is 4.21. The Labute approximate surface area is 142 Å². The van der Waals surface area contributed by atoms with E-state index in [-0.39, 0.29) is 12.1 Å². The first kappa shape index (κ1) is 16.3. The van der Waals surface area contributed by atoms with Gasteiger partial charge in [0.1, 0.15) is 0 Å². The summed E-state index contributed by atoms with van der Waals surface area (Å²) in [5.41, 5.74) is 2.80. The summed E-state index contributed by atoms with van der Waals surface area (Å²) >= 11 is 0. The Hall–Kier alpha value is -2.53. The normalized spacial score (nSPS) is 14.9. The van der Waals surface area contributed by atoms with Crippen molar-refractivity contribution in [2.45, 2.75) is 18.9 Å². The number of hydrogen-bond acceptors (Lipinski definition) is 3. The molecule has 1 aliphatic heterocycles. The average molecular weight is 325 g/mol. The Morgan fingerprint density at radius 2 is 1.71 bits per heavy atom. The van der Waals surface area contributed by atoms with Crippen molar-refractivity contribution in [1.82, 2.24) is 5.32 Å². The van der Waals surface area contributed by atoms with Crippen molar-refractivity contribution in [3.8, 4) is 0 Å². The molecule has 126 valence electrons. The second-order valence-corrected chi connectivity index (χ2v) is 5.90. The molecule has 5 heteroatoms. The Bertz CT molecular complexity index is 669. The molecule has 0 radical (unpaired) electrons. The van der Waals surface area contributed by atoms with Gasteiger partial charge in [0, 0.05) is 32.0 Å². The molecule has 0 spiro atoms. The van der Waals surface area contributed by atoms with Crippen molar-refractivity contribution in [2.75, 3.05) is 30.5 Å². The maximum atomic E-state index is 12.3. The van der Waals surface area contributed by atoms with Gasteiger partial charge in [-0.2, -0.15) is 0 Å². The summed E-state index contributed by atoms with van der Waals surface area (Å²) in [6, 6.07) is 17.9. The van der Waals surface area contributed by atoms with Gasteiger partial charge in [-0.1, -0.05) is 30.3 Å². The van der Waals surface area contributed by atoms with Crippen molar-refractivity contribution < 1.29 is 9.53 Å². The summed E-state index contributed by atoms with van der Waals surface area (Å²) in [7, 11) is 1.99. The standard InChI is InChI=1S/C19H23N3O2/c1-22(16-7-3-2-4-8-16)18-10-6-5-9-17(18)21-19(23)20-15-11-13-24-14-12-15/h2-10,15H,11-14H2,1H3,(H2,20,21,23). The molecule has 0 unspecified atom stereocenters. The number of nitrogens with one attached hydrogen (secondary N) is 2. The molecule has 2 aromatic carbocycles. The number of urea groups is 1. The smallest absolute Gasteiger partial charge is 0.319 e. The first-order valence-electron chi connectivity index (χ1n) is 8.27. The number of nitrogens with zero attached hydrogens (tertiary/aromatic N) is 1. The highest BCUT2D eigenvalue weighted by molar-refractivity contribution is 5.94. The average Bonchev–Trinajstić information content (AvgIpc) is 2.63. The minimum absolute atomic E-state index is 0.171. The van der Waals surface area contributed by atoms with E-state index in [1.807, 2.05) is 61.6 Å². The van der Waals surface area contributed by atoms with Crippen LogP contribution in [0.15, 0.2) is 54.6 Å². The monoisotopic (exact) mass is 325 g/mol. The van der Waals surface area contributed by atoms with E-state index < -0.39 is 0 Å². The van der Waals surface area contributed by atoms with Crippen LogP contribution in [0.4, 0.5) is 21.9 Å². The maximum Gasteiger partial charge on any atom is 0.319 e. The van der Waals surface area contributed by atoms with Crippen LogP contribution in [0.2, 0.25) is 0 Å².